The van der Waals surface area contributed by atoms with E-state index >= 15 is 0 Å². The maximum absolute atomic E-state index is 13.0. The molecule has 2 amide bonds. The standard InChI is InChI=1S/C12H16FN3O2/c13-9-2-1-3-10(6-9)15-12(17)16-4-5-18-8-11(16)7-14/h1-3,6,11H,4-5,7-8,14H2,(H,15,17). The predicted octanol–water partition coefficient (Wildman–Crippen LogP) is 1.02. The number of nitrogens with two attached hydrogens (primary N) is 1. The lowest BCUT2D eigenvalue weighted by molar-refractivity contribution is 0.0188. The molecular formula is C12H16FN3O2. The van der Waals surface area contributed by atoms with Crippen molar-refractivity contribution in [1.82, 2.24) is 4.90 Å². The summed E-state index contributed by atoms with van der Waals surface area (Å²) in [6.45, 7) is 1.76. The monoisotopic (exact) mass is 253 g/mol. The van der Waals surface area contributed by atoms with E-state index < -0.39 is 0 Å². The topological polar surface area (TPSA) is 67.6 Å². The van der Waals surface area contributed by atoms with Crippen molar-refractivity contribution in [2.24, 2.45) is 5.73 Å². The van der Waals surface area contributed by atoms with Crippen molar-refractivity contribution in [3.05, 3.63) is 30.1 Å². The van der Waals surface area contributed by atoms with E-state index in [4.69, 9.17) is 10.5 Å². The zero-order valence-electron chi connectivity index (χ0n) is 9.93. The summed E-state index contributed by atoms with van der Waals surface area (Å²) < 4.78 is 18.3. The van der Waals surface area contributed by atoms with Gasteiger partial charge in [0.2, 0.25) is 0 Å². The molecule has 0 radical (unpaired) electrons. The normalized spacial score (nSPS) is 19.7. The molecule has 18 heavy (non-hydrogen) atoms. The second-order valence-electron chi connectivity index (χ2n) is 4.10. The first kappa shape index (κ1) is 12.8. The van der Waals surface area contributed by atoms with Crippen LogP contribution in [0.25, 0.3) is 0 Å². The van der Waals surface area contributed by atoms with E-state index in [1.54, 1.807) is 17.0 Å². The Morgan fingerprint density at radius 1 is 1.61 bits per heavy atom. The number of nitrogens with one attached hydrogen (secondary N) is 1. The molecule has 0 bridgehead atoms. The Morgan fingerprint density at radius 2 is 2.44 bits per heavy atom. The quantitative estimate of drug-likeness (QED) is 0.826. The van der Waals surface area contributed by atoms with Crippen molar-refractivity contribution in [2.75, 3.05) is 31.6 Å². The van der Waals surface area contributed by atoms with Crippen LogP contribution in [0.1, 0.15) is 0 Å². The van der Waals surface area contributed by atoms with E-state index in [1.807, 2.05) is 0 Å². The molecule has 6 heteroatoms. The summed E-state index contributed by atoms with van der Waals surface area (Å²) in [4.78, 5) is 13.6. The fourth-order valence-corrected chi connectivity index (χ4v) is 1.88. The SMILES string of the molecule is NCC1COCCN1C(=O)Nc1cccc(F)c1. The van der Waals surface area contributed by atoms with Crippen LogP contribution < -0.4 is 11.1 Å². The molecular weight excluding hydrogens is 237 g/mol. The predicted molar refractivity (Wildman–Crippen MR) is 65.8 cm³/mol. The largest absolute Gasteiger partial charge is 0.377 e. The van der Waals surface area contributed by atoms with Gasteiger partial charge in [-0.2, -0.15) is 0 Å². The molecule has 1 atom stereocenters. The maximum Gasteiger partial charge on any atom is 0.322 e. The molecule has 1 fully saturated rings. The molecule has 0 spiro atoms. The van der Waals surface area contributed by atoms with Crippen LogP contribution in [-0.2, 0) is 4.74 Å². The van der Waals surface area contributed by atoms with Gasteiger partial charge in [-0.05, 0) is 18.2 Å². The van der Waals surface area contributed by atoms with Gasteiger partial charge in [0.1, 0.15) is 5.82 Å². The zero-order valence-corrected chi connectivity index (χ0v) is 9.93. The molecule has 1 unspecified atom stereocenters. The Kier molecular flexibility index (Phi) is 4.11. The summed E-state index contributed by atoms with van der Waals surface area (Å²) in [6.07, 6.45) is 0. The molecule has 1 saturated heterocycles. The van der Waals surface area contributed by atoms with Crippen LogP contribution in [0.4, 0.5) is 14.9 Å². The van der Waals surface area contributed by atoms with Crippen molar-refractivity contribution in [1.29, 1.82) is 0 Å². The summed E-state index contributed by atoms with van der Waals surface area (Å²) in [5, 5.41) is 2.65. The summed E-state index contributed by atoms with van der Waals surface area (Å²) in [6, 6.07) is 5.37. The highest BCUT2D eigenvalue weighted by atomic mass is 19.1. The fourth-order valence-electron chi connectivity index (χ4n) is 1.88. The van der Waals surface area contributed by atoms with Gasteiger partial charge < -0.3 is 20.7 Å². The average Bonchev–Trinajstić information content (AvgIpc) is 2.38. The first-order chi connectivity index (χ1) is 8.70. The van der Waals surface area contributed by atoms with Crippen LogP contribution in [0.15, 0.2) is 24.3 Å². The van der Waals surface area contributed by atoms with Gasteiger partial charge in [0.05, 0.1) is 19.3 Å². The highest BCUT2D eigenvalue weighted by Crippen LogP contribution is 2.12. The van der Waals surface area contributed by atoms with Crippen molar-refractivity contribution < 1.29 is 13.9 Å². The third-order valence-electron chi connectivity index (χ3n) is 2.84. The van der Waals surface area contributed by atoms with Gasteiger partial charge in [-0.3, -0.25) is 0 Å². The Bertz CT molecular complexity index is 428. The number of nitrogens with zero attached hydrogens (tertiary/aromatic N) is 1. The van der Waals surface area contributed by atoms with E-state index in [2.05, 4.69) is 5.32 Å². The minimum absolute atomic E-state index is 0.132. The number of halogens is 1. The van der Waals surface area contributed by atoms with Crippen molar-refractivity contribution in [2.45, 2.75) is 6.04 Å². The van der Waals surface area contributed by atoms with Gasteiger partial charge in [-0.25, -0.2) is 9.18 Å². The van der Waals surface area contributed by atoms with Crippen LogP contribution in [0.2, 0.25) is 0 Å². The first-order valence-corrected chi connectivity index (χ1v) is 5.81. The maximum atomic E-state index is 13.0. The van der Waals surface area contributed by atoms with Crippen molar-refractivity contribution in [3.63, 3.8) is 0 Å². The third kappa shape index (κ3) is 2.96. The number of hydrogen-bond acceptors (Lipinski definition) is 3. The lowest BCUT2D eigenvalue weighted by Gasteiger charge is -2.34. The minimum Gasteiger partial charge on any atom is -0.377 e. The number of rotatable bonds is 2. The lowest BCUT2D eigenvalue weighted by Crippen LogP contribution is -2.53. The Balaban J connectivity index is 2.02. The highest BCUT2D eigenvalue weighted by Gasteiger charge is 2.26. The van der Waals surface area contributed by atoms with Crippen LogP contribution in [0.3, 0.4) is 0 Å². The number of urea groups is 1. The van der Waals surface area contributed by atoms with Crippen molar-refractivity contribution >= 4 is 11.7 Å². The lowest BCUT2D eigenvalue weighted by atomic mass is 10.2. The molecule has 5 nitrogen and oxygen atoms in total. The number of carbonyl (C=O) groups is 1. The van der Waals surface area contributed by atoms with Gasteiger partial charge in [0.15, 0.2) is 0 Å². The zero-order chi connectivity index (χ0) is 13.0. The number of amides is 2. The Labute approximate surface area is 105 Å². The van der Waals surface area contributed by atoms with Gasteiger partial charge in [0, 0.05) is 18.8 Å². The number of benzene rings is 1. The summed E-state index contributed by atoms with van der Waals surface area (Å²) in [7, 11) is 0. The highest BCUT2D eigenvalue weighted by molar-refractivity contribution is 5.89. The number of ether oxygens (including phenoxy) is 1. The molecule has 0 aromatic heterocycles. The molecule has 0 aliphatic carbocycles. The van der Waals surface area contributed by atoms with Gasteiger partial charge in [0.25, 0.3) is 0 Å². The summed E-state index contributed by atoms with van der Waals surface area (Å²) in [5.41, 5.74) is 6.02. The Morgan fingerprint density at radius 3 is 3.17 bits per heavy atom. The van der Waals surface area contributed by atoms with E-state index in [9.17, 15) is 9.18 Å². The number of anilines is 1. The van der Waals surface area contributed by atoms with Crippen molar-refractivity contribution in [3.8, 4) is 0 Å². The molecule has 2 rings (SSSR count). The molecule has 1 aromatic rings. The van der Waals surface area contributed by atoms with E-state index in [1.165, 1.54) is 12.1 Å². The number of hydrogen-bond donors (Lipinski definition) is 2. The molecule has 1 aliphatic heterocycles. The van der Waals surface area contributed by atoms with E-state index in [0.717, 1.165) is 0 Å². The number of morpholine rings is 1. The molecule has 1 aromatic carbocycles. The van der Waals surface area contributed by atoms with Crippen LogP contribution in [0, 0.1) is 5.82 Å². The van der Waals surface area contributed by atoms with Crippen LogP contribution in [0.5, 0.6) is 0 Å². The van der Waals surface area contributed by atoms with Crippen LogP contribution >= 0.6 is 0 Å². The number of carbonyl (C=O) groups excluding carboxylic acids is 1. The fraction of sp³-hybridized carbons (Fsp3) is 0.417. The molecule has 1 heterocycles. The molecule has 0 saturated carbocycles. The minimum atomic E-state index is -0.384. The molecule has 1 aliphatic rings. The van der Waals surface area contributed by atoms with Gasteiger partial charge in [-0.1, -0.05) is 6.07 Å². The van der Waals surface area contributed by atoms with Crippen LogP contribution in [-0.4, -0.2) is 43.3 Å². The smallest absolute Gasteiger partial charge is 0.322 e. The van der Waals surface area contributed by atoms with E-state index in [0.29, 0.717) is 32.0 Å². The summed E-state index contributed by atoms with van der Waals surface area (Å²) >= 11 is 0. The first-order valence-electron chi connectivity index (χ1n) is 5.81. The average molecular weight is 253 g/mol. The second kappa shape index (κ2) is 5.79. The second-order valence-corrected chi connectivity index (χ2v) is 4.10. The third-order valence-corrected chi connectivity index (χ3v) is 2.84. The summed E-state index contributed by atoms with van der Waals surface area (Å²) in [5.74, 6) is -0.384. The molecule has 3 N–H and O–H groups in total. The van der Waals surface area contributed by atoms with Gasteiger partial charge in [-0.15, -0.1) is 0 Å². The van der Waals surface area contributed by atoms with Gasteiger partial charge >= 0.3 is 6.03 Å². The Hall–Kier alpha value is -1.66. The van der Waals surface area contributed by atoms with E-state index in [-0.39, 0.29) is 17.9 Å². The molecule has 98 valence electrons.